The fourth-order valence-corrected chi connectivity index (χ4v) is 4.13. The molecule has 2 heterocycles. The Kier molecular flexibility index (Phi) is 4.38. The Morgan fingerprint density at radius 2 is 1.88 bits per heavy atom. The molecule has 2 aromatic rings. The highest BCUT2D eigenvalue weighted by molar-refractivity contribution is 7.11. The number of aliphatic imine (C=N–C) groups is 1. The summed E-state index contributed by atoms with van der Waals surface area (Å²) in [6, 6.07) is 6.23. The van der Waals surface area contributed by atoms with Gasteiger partial charge in [0.25, 0.3) is 0 Å². The van der Waals surface area contributed by atoms with Gasteiger partial charge in [-0.2, -0.15) is 13.2 Å². The number of guanidine groups is 1. The molecule has 1 aromatic heterocycles. The molecule has 0 unspecified atom stereocenters. The monoisotopic (exact) mass is 377 g/mol. The van der Waals surface area contributed by atoms with Crippen molar-refractivity contribution < 1.29 is 18.0 Å². The number of carbonyl (C=O) groups is 1. The summed E-state index contributed by atoms with van der Waals surface area (Å²) in [5, 5.41) is 1.77. The van der Waals surface area contributed by atoms with Crippen LogP contribution >= 0.6 is 11.3 Å². The van der Waals surface area contributed by atoms with Crippen LogP contribution in [0.25, 0.3) is 0 Å². The van der Waals surface area contributed by atoms with Gasteiger partial charge in [-0.15, -0.1) is 11.3 Å². The first kappa shape index (κ1) is 18.5. The Morgan fingerprint density at radius 1 is 1.27 bits per heavy atom. The standard InChI is InChI=1S/C17H15BF3N3OS/c1-16(13-11(18)7-8-26-13)12(14(25)24(2)15(22)23-16)9-3-5-10(6-4-9)17(19,20)21/h3-8,12H,1-2H3,(H2,22,23)/t12-,16+/m1/s1. The minimum Gasteiger partial charge on any atom is -0.369 e. The maximum Gasteiger partial charge on any atom is 0.416 e. The molecule has 1 aliphatic rings. The average Bonchev–Trinajstić information content (AvgIpc) is 2.99. The molecule has 1 aliphatic heterocycles. The summed E-state index contributed by atoms with van der Waals surface area (Å²) in [4.78, 5) is 19.3. The quantitative estimate of drug-likeness (QED) is 0.817. The van der Waals surface area contributed by atoms with Gasteiger partial charge in [0.2, 0.25) is 5.91 Å². The average molecular weight is 377 g/mol. The topological polar surface area (TPSA) is 58.7 Å². The largest absolute Gasteiger partial charge is 0.416 e. The Morgan fingerprint density at radius 3 is 2.38 bits per heavy atom. The van der Waals surface area contributed by atoms with E-state index < -0.39 is 23.2 Å². The van der Waals surface area contributed by atoms with Crippen molar-refractivity contribution in [1.29, 1.82) is 0 Å². The summed E-state index contributed by atoms with van der Waals surface area (Å²) < 4.78 is 38.6. The lowest BCUT2D eigenvalue weighted by Gasteiger charge is -2.40. The second-order valence-electron chi connectivity index (χ2n) is 6.27. The molecule has 3 rings (SSSR count). The van der Waals surface area contributed by atoms with E-state index in [-0.39, 0.29) is 11.9 Å². The van der Waals surface area contributed by atoms with E-state index in [9.17, 15) is 18.0 Å². The van der Waals surface area contributed by atoms with Crippen molar-refractivity contribution in [2.75, 3.05) is 7.05 Å². The van der Waals surface area contributed by atoms with E-state index in [1.165, 1.54) is 35.4 Å². The number of alkyl halides is 3. The van der Waals surface area contributed by atoms with E-state index in [0.29, 0.717) is 15.9 Å². The van der Waals surface area contributed by atoms with Gasteiger partial charge in [-0.25, -0.2) is 4.99 Å². The molecule has 0 saturated heterocycles. The first-order valence-corrected chi connectivity index (χ1v) is 8.57. The summed E-state index contributed by atoms with van der Waals surface area (Å²) in [6.07, 6.45) is -4.45. The van der Waals surface area contributed by atoms with E-state index in [0.717, 1.165) is 12.1 Å². The van der Waals surface area contributed by atoms with E-state index >= 15 is 0 Å². The summed E-state index contributed by atoms with van der Waals surface area (Å²) in [5.74, 6) is -1.16. The summed E-state index contributed by atoms with van der Waals surface area (Å²) >= 11 is 1.33. The van der Waals surface area contributed by atoms with E-state index in [1.807, 2.05) is 0 Å². The van der Waals surface area contributed by atoms with Crippen molar-refractivity contribution >= 4 is 36.5 Å². The second kappa shape index (κ2) is 6.16. The first-order chi connectivity index (χ1) is 12.1. The van der Waals surface area contributed by atoms with Crippen molar-refractivity contribution in [1.82, 2.24) is 4.90 Å². The molecule has 1 aromatic carbocycles. The lowest BCUT2D eigenvalue weighted by molar-refractivity contribution is -0.137. The number of hydrogen-bond donors (Lipinski definition) is 1. The van der Waals surface area contributed by atoms with Gasteiger partial charge >= 0.3 is 6.18 Å². The Bertz CT molecular complexity index is 878. The van der Waals surface area contributed by atoms with E-state index in [2.05, 4.69) is 4.99 Å². The summed E-state index contributed by atoms with van der Waals surface area (Å²) in [7, 11) is 7.51. The van der Waals surface area contributed by atoms with Crippen LogP contribution in [-0.4, -0.2) is 31.7 Å². The summed E-state index contributed by atoms with van der Waals surface area (Å²) in [5.41, 5.74) is 4.89. The van der Waals surface area contributed by atoms with Crippen LogP contribution in [0.1, 0.15) is 28.8 Å². The zero-order valence-corrected chi connectivity index (χ0v) is 14.9. The fourth-order valence-electron chi connectivity index (χ4n) is 3.17. The van der Waals surface area contributed by atoms with Gasteiger partial charge in [0.15, 0.2) is 5.96 Å². The SMILES string of the molecule is [B]c1ccsc1[C@@]1(C)N=C(N)N(C)C(=O)[C@H]1c1ccc(C(F)(F)F)cc1. The predicted molar refractivity (Wildman–Crippen MR) is 95.6 cm³/mol. The van der Waals surface area contributed by atoms with E-state index in [1.54, 1.807) is 18.4 Å². The zero-order valence-electron chi connectivity index (χ0n) is 14.0. The molecule has 0 spiro atoms. The van der Waals surface area contributed by atoms with Crippen LogP contribution in [-0.2, 0) is 16.5 Å². The minimum absolute atomic E-state index is 0.0356. The molecule has 4 nitrogen and oxygen atoms in total. The number of amides is 1. The Balaban J connectivity index is 2.16. The maximum atomic E-state index is 12.9. The van der Waals surface area contributed by atoms with Gasteiger partial charge in [-0.1, -0.05) is 23.7 Å². The molecule has 0 fully saturated rings. The van der Waals surface area contributed by atoms with Crippen molar-refractivity contribution in [3.05, 3.63) is 51.7 Å². The number of nitrogens with zero attached hydrogens (tertiary/aromatic N) is 2. The van der Waals surface area contributed by atoms with E-state index in [4.69, 9.17) is 13.6 Å². The molecule has 0 aliphatic carbocycles. The molecule has 2 N–H and O–H groups in total. The molecule has 9 heteroatoms. The van der Waals surface area contributed by atoms with Crippen LogP contribution in [0, 0.1) is 0 Å². The van der Waals surface area contributed by atoms with Gasteiger partial charge in [-0.05, 0) is 30.0 Å². The van der Waals surface area contributed by atoms with Gasteiger partial charge in [0, 0.05) is 11.9 Å². The van der Waals surface area contributed by atoms with Crippen molar-refractivity contribution in [3.8, 4) is 0 Å². The van der Waals surface area contributed by atoms with Gasteiger partial charge in [0.05, 0.1) is 11.5 Å². The molecule has 0 bridgehead atoms. The van der Waals surface area contributed by atoms with Crippen LogP contribution in [0.5, 0.6) is 0 Å². The molecular weight excluding hydrogens is 362 g/mol. The van der Waals surface area contributed by atoms with Gasteiger partial charge < -0.3 is 5.73 Å². The number of thiophene rings is 1. The van der Waals surface area contributed by atoms with Crippen LogP contribution < -0.4 is 11.2 Å². The number of carbonyl (C=O) groups excluding carboxylic acids is 1. The predicted octanol–water partition coefficient (Wildman–Crippen LogP) is 2.35. The molecule has 2 atom stereocenters. The highest BCUT2D eigenvalue weighted by Gasteiger charge is 2.48. The Labute approximate surface area is 153 Å². The van der Waals surface area contributed by atoms with Crippen molar-refractivity contribution in [3.63, 3.8) is 0 Å². The van der Waals surface area contributed by atoms with Gasteiger partial charge in [-0.3, -0.25) is 9.69 Å². The molecule has 1 amide bonds. The minimum atomic E-state index is -4.45. The zero-order chi connectivity index (χ0) is 19.3. The highest BCUT2D eigenvalue weighted by Crippen LogP contribution is 2.45. The third-order valence-electron chi connectivity index (χ3n) is 4.56. The number of hydrogen-bond acceptors (Lipinski definition) is 4. The second-order valence-corrected chi connectivity index (χ2v) is 7.19. The third kappa shape index (κ3) is 2.90. The molecular formula is C17H15BF3N3OS. The lowest BCUT2D eigenvalue weighted by Crippen LogP contribution is -2.53. The first-order valence-electron chi connectivity index (χ1n) is 7.69. The fraction of sp³-hybridized carbons (Fsp3) is 0.294. The molecule has 2 radical (unpaired) electrons. The number of nitrogens with two attached hydrogens (primary N) is 1. The Hall–Kier alpha value is -2.29. The van der Waals surface area contributed by atoms with Crippen LogP contribution in [0.2, 0.25) is 0 Å². The van der Waals surface area contributed by atoms with Crippen LogP contribution in [0.4, 0.5) is 13.2 Å². The normalized spacial score (nSPS) is 23.9. The molecule has 26 heavy (non-hydrogen) atoms. The van der Waals surface area contributed by atoms with Crippen molar-refractivity contribution in [2.24, 2.45) is 10.7 Å². The number of rotatable bonds is 2. The van der Waals surface area contributed by atoms with Gasteiger partial charge in [0.1, 0.15) is 13.4 Å². The molecule has 134 valence electrons. The summed E-state index contributed by atoms with van der Waals surface area (Å²) in [6.45, 7) is 1.72. The maximum absolute atomic E-state index is 12.9. The van der Waals surface area contributed by atoms with Crippen molar-refractivity contribution in [2.45, 2.75) is 24.6 Å². The van der Waals surface area contributed by atoms with Crippen LogP contribution in [0.15, 0.2) is 40.7 Å². The number of benzene rings is 1. The number of likely N-dealkylation sites (N-methyl/N-ethyl adjacent to an activating group) is 1. The third-order valence-corrected chi connectivity index (χ3v) is 5.71. The molecule has 0 saturated carbocycles. The smallest absolute Gasteiger partial charge is 0.369 e. The highest BCUT2D eigenvalue weighted by atomic mass is 32.1. The van der Waals surface area contributed by atoms with Crippen LogP contribution in [0.3, 0.4) is 0 Å². The number of halogens is 3. The lowest BCUT2D eigenvalue weighted by atomic mass is 9.74.